The monoisotopic (exact) mass is 443 g/mol. The lowest BCUT2D eigenvalue weighted by Gasteiger charge is -2.13. The number of hydroxylamine groups is 1. The number of hydrogen-bond donors (Lipinski definition) is 3. The van der Waals surface area contributed by atoms with E-state index in [1.807, 2.05) is 13.8 Å². The molecule has 1 atom stereocenters. The topological polar surface area (TPSA) is 101 Å². The summed E-state index contributed by atoms with van der Waals surface area (Å²) in [5.41, 5.74) is 2.88. The van der Waals surface area contributed by atoms with E-state index in [-0.39, 0.29) is 17.6 Å². The second-order valence-electron chi connectivity index (χ2n) is 5.94. The average molecular weight is 443 g/mol. The first kappa shape index (κ1) is 23.9. The zero-order valence-electron chi connectivity index (χ0n) is 16.9. The van der Waals surface area contributed by atoms with Crippen LogP contribution in [-0.2, 0) is 4.84 Å². The van der Waals surface area contributed by atoms with E-state index in [4.69, 9.17) is 10.2 Å². The minimum atomic E-state index is -5.02. The third kappa shape index (κ3) is 6.54. The predicted molar refractivity (Wildman–Crippen MR) is 104 cm³/mol. The summed E-state index contributed by atoms with van der Waals surface area (Å²) in [4.78, 5) is 21.5. The van der Waals surface area contributed by atoms with Gasteiger partial charge in [-0.15, -0.1) is 13.2 Å². The van der Waals surface area contributed by atoms with Crippen LogP contribution < -0.4 is 21.0 Å². The van der Waals surface area contributed by atoms with Crippen molar-refractivity contribution in [2.75, 3.05) is 6.54 Å². The number of halogens is 4. The molecule has 2 heterocycles. The van der Waals surface area contributed by atoms with Gasteiger partial charge in [0.25, 0.3) is 0 Å². The molecule has 1 amide bonds. The quantitative estimate of drug-likeness (QED) is 0.630. The number of nitrogens with one attached hydrogen (secondary N) is 3. The number of aliphatic imine (C=N–C) groups is 1. The smallest absolute Gasteiger partial charge is 0.403 e. The average Bonchev–Trinajstić information content (AvgIpc) is 3.14. The van der Waals surface area contributed by atoms with E-state index in [1.54, 1.807) is 6.92 Å². The van der Waals surface area contributed by atoms with Gasteiger partial charge in [-0.1, -0.05) is 19.9 Å². The molecule has 12 heteroatoms. The van der Waals surface area contributed by atoms with Gasteiger partial charge in [-0.2, -0.15) is 0 Å². The van der Waals surface area contributed by atoms with Crippen LogP contribution in [0.4, 0.5) is 22.4 Å². The number of ether oxygens (including phenoxy) is 1. The van der Waals surface area contributed by atoms with Crippen molar-refractivity contribution in [1.29, 1.82) is 5.41 Å². The molecule has 1 aromatic heterocycles. The Hall–Kier alpha value is -3.41. The predicted octanol–water partition coefficient (Wildman–Crippen LogP) is 3.54. The second-order valence-corrected chi connectivity index (χ2v) is 5.94. The van der Waals surface area contributed by atoms with Gasteiger partial charge in [-0.3, -0.25) is 15.5 Å². The fraction of sp³-hybridized carbons (Fsp3) is 0.316. The van der Waals surface area contributed by atoms with Gasteiger partial charge >= 0.3 is 12.4 Å². The summed E-state index contributed by atoms with van der Waals surface area (Å²) < 4.78 is 55.3. The highest BCUT2D eigenvalue weighted by atomic mass is 19.4. The van der Waals surface area contributed by atoms with Crippen LogP contribution in [-0.4, -0.2) is 35.6 Å². The summed E-state index contributed by atoms with van der Waals surface area (Å²) in [5.74, 6) is -1.63. The normalized spacial score (nSPS) is 15.3. The first-order valence-electron chi connectivity index (χ1n) is 9.19. The van der Waals surface area contributed by atoms with Crippen LogP contribution in [0.3, 0.4) is 0 Å². The minimum Gasteiger partial charge on any atom is -0.403 e. The number of carbonyl (C=O) groups excluding carboxylic acids is 1. The van der Waals surface area contributed by atoms with Gasteiger partial charge in [-0.05, 0) is 42.3 Å². The lowest BCUT2D eigenvalue weighted by Crippen LogP contribution is -2.39. The lowest BCUT2D eigenvalue weighted by molar-refractivity contribution is -0.275. The highest BCUT2D eigenvalue weighted by molar-refractivity contribution is 5.80. The lowest BCUT2D eigenvalue weighted by atomic mass is 10.1. The maximum Gasteiger partial charge on any atom is 0.573 e. The molecule has 0 spiro atoms. The number of pyridine rings is 1. The Morgan fingerprint density at radius 3 is 2.55 bits per heavy atom. The molecule has 2 aromatic rings. The Kier molecular flexibility index (Phi) is 7.75. The van der Waals surface area contributed by atoms with Crippen molar-refractivity contribution < 1.29 is 31.9 Å². The Morgan fingerprint density at radius 2 is 1.97 bits per heavy atom. The Morgan fingerprint density at radius 1 is 1.29 bits per heavy atom. The van der Waals surface area contributed by atoms with Crippen LogP contribution in [0.1, 0.15) is 20.8 Å². The van der Waals surface area contributed by atoms with Crippen molar-refractivity contribution in [2.45, 2.75) is 33.4 Å². The summed E-state index contributed by atoms with van der Waals surface area (Å²) in [6.07, 6.45) is -4.37. The largest absolute Gasteiger partial charge is 0.573 e. The first-order valence-corrected chi connectivity index (χ1v) is 9.19. The number of rotatable bonds is 4. The second kappa shape index (κ2) is 10.1. The van der Waals surface area contributed by atoms with Gasteiger partial charge in [0.15, 0.2) is 17.8 Å². The maximum absolute atomic E-state index is 13.9. The van der Waals surface area contributed by atoms with E-state index in [0.29, 0.717) is 11.4 Å². The van der Waals surface area contributed by atoms with Crippen molar-refractivity contribution in [3.05, 3.63) is 47.8 Å². The van der Waals surface area contributed by atoms with E-state index in [9.17, 15) is 22.4 Å². The molecule has 0 bridgehead atoms. The van der Waals surface area contributed by atoms with E-state index in [2.05, 4.69) is 20.5 Å². The summed E-state index contributed by atoms with van der Waals surface area (Å²) >= 11 is 0. The number of carbonyl (C=O) groups is 1. The standard InChI is InChI=1S/C17H15F4N5O3.C2H6/c1-9-24-15(29-25-9)7-23-16(27)26-8-11(3-5-14(26)22)10-2-4-13(12(18)6-10)28-17(19,20)21;1-2/h2-6,8,15,22H,7H2,1H3,(H,23,27)(H,24,25);1-2H3. The molecular weight excluding hydrogens is 422 g/mol. The molecule has 1 unspecified atom stereocenters. The van der Waals surface area contributed by atoms with Crippen LogP contribution in [0.5, 0.6) is 5.75 Å². The van der Waals surface area contributed by atoms with E-state index < -0.39 is 30.2 Å². The molecule has 1 aromatic carbocycles. The van der Waals surface area contributed by atoms with E-state index in [0.717, 1.165) is 16.7 Å². The number of alkyl halides is 3. The molecule has 0 saturated heterocycles. The zero-order valence-corrected chi connectivity index (χ0v) is 16.9. The summed E-state index contributed by atoms with van der Waals surface area (Å²) in [7, 11) is 0. The van der Waals surface area contributed by atoms with Crippen molar-refractivity contribution in [1.82, 2.24) is 15.4 Å². The molecular formula is C19H21F4N5O3. The molecule has 1 aliphatic rings. The summed E-state index contributed by atoms with van der Waals surface area (Å²) in [6.45, 7) is 5.73. The van der Waals surface area contributed by atoms with E-state index >= 15 is 0 Å². The highest BCUT2D eigenvalue weighted by Crippen LogP contribution is 2.29. The third-order valence-corrected chi connectivity index (χ3v) is 3.77. The van der Waals surface area contributed by atoms with Gasteiger partial charge in [0, 0.05) is 6.20 Å². The van der Waals surface area contributed by atoms with Crippen LogP contribution in [0, 0.1) is 11.2 Å². The molecule has 0 aliphatic carbocycles. The fourth-order valence-corrected chi connectivity index (χ4v) is 2.50. The van der Waals surface area contributed by atoms with Crippen molar-refractivity contribution in [2.24, 2.45) is 4.99 Å². The molecule has 3 rings (SSSR count). The van der Waals surface area contributed by atoms with Crippen molar-refractivity contribution in [3.8, 4) is 16.9 Å². The van der Waals surface area contributed by atoms with E-state index in [1.165, 1.54) is 24.4 Å². The van der Waals surface area contributed by atoms with Gasteiger partial charge in [0.05, 0.1) is 6.54 Å². The Balaban J connectivity index is 0.00000166. The zero-order chi connectivity index (χ0) is 23.2. The van der Waals surface area contributed by atoms with Gasteiger partial charge in [-0.25, -0.2) is 19.0 Å². The molecule has 168 valence electrons. The Bertz CT molecular complexity index is 1020. The van der Waals surface area contributed by atoms with Crippen molar-refractivity contribution >= 4 is 11.9 Å². The number of amides is 1. The molecule has 0 saturated carbocycles. The fourth-order valence-electron chi connectivity index (χ4n) is 2.50. The molecule has 1 aliphatic heterocycles. The number of hydrogen-bond acceptors (Lipinski definition) is 6. The number of nitrogens with zero attached hydrogens (tertiary/aromatic N) is 2. The minimum absolute atomic E-state index is 0.0396. The molecule has 0 radical (unpaired) electrons. The van der Waals surface area contributed by atoms with Crippen LogP contribution in [0.15, 0.2) is 41.5 Å². The number of amidine groups is 1. The first-order chi connectivity index (χ1) is 14.6. The van der Waals surface area contributed by atoms with Gasteiger partial charge in [0.2, 0.25) is 0 Å². The Labute approximate surface area is 175 Å². The van der Waals surface area contributed by atoms with Gasteiger partial charge in [0.1, 0.15) is 11.3 Å². The van der Waals surface area contributed by atoms with Crippen molar-refractivity contribution in [3.63, 3.8) is 0 Å². The SMILES string of the molecule is CC.CC1=NC(CNC(=O)n2cc(-c3ccc(OC(F)(F)F)c(F)c3)ccc2=N)ON1. The van der Waals surface area contributed by atoms with Crippen LogP contribution >= 0.6 is 0 Å². The summed E-state index contributed by atoms with van der Waals surface area (Å²) in [6, 6.07) is 4.96. The molecule has 8 nitrogen and oxygen atoms in total. The van der Waals surface area contributed by atoms with Crippen LogP contribution in [0.2, 0.25) is 0 Å². The molecule has 3 N–H and O–H groups in total. The molecule has 31 heavy (non-hydrogen) atoms. The molecule has 0 fully saturated rings. The number of benzene rings is 1. The van der Waals surface area contributed by atoms with Gasteiger partial charge < -0.3 is 10.1 Å². The maximum atomic E-state index is 13.9. The number of aromatic nitrogens is 1. The third-order valence-electron chi connectivity index (χ3n) is 3.77. The van der Waals surface area contributed by atoms with Crippen LogP contribution in [0.25, 0.3) is 11.1 Å². The highest BCUT2D eigenvalue weighted by Gasteiger charge is 2.32. The summed E-state index contributed by atoms with van der Waals surface area (Å²) in [5, 5.41) is 10.4.